The molecule has 2 rings (SSSR count). The monoisotopic (exact) mass is 405 g/mol. The van der Waals surface area contributed by atoms with Gasteiger partial charge >= 0.3 is 0 Å². The number of halogens is 1. The van der Waals surface area contributed by atoms with E-state index >= 15 is 0 Å². The lowest BCUT2D eigenvalue weighted by Gasteiger charge is -2.10. The van der Waals surface area contributed by atoms with E-state index < -0.39 is 0 Å². The first-order valence-electron chi connectivity index (χ1n) is 6.20. The summed E-state index contributed by atoms with van der Waals surface area (Å²) < 4.78 is 5.50. The van der Waals surface area contributed by atoms with Crippen molar-refractivity contribution in [1.82, 2.24) is 10.6 Å². The Labute approximate surface area is 140 Å². The Morgan fingerprint density at radius 2 is 2.05 bits per heavy atom. The summed E-state index contributed by atoms with van der Waals surface area (Å²) in [6, 6.07) is 4.16. The average Bonchev–Trinajstić information content (AvgIpc) is 3.00. The molecule has 4 nitrogen and oxygen atoms in total. The fourth-order valence-electron chi connectivity index (χ4n) is 1.84. The number of rotatable bonds is 4. The van der Waals surface area contributed by atoms with Crippen molar-refractivity contribution in [3.05, 3.63) is 45.5 Å². The van der Waals surface area contributed by atoms with E-state index in [9.17, 15) is 0 Å². The summed E-state index contributed by atoms with van der Waals surface area (Å²) >= 11 is 1.70. The van der Waals surface area contributed by atoms with Gasteiger partial charge in [-0.05, 0) is 42.3 Å². The van der Waals surface area contributed by atoms with Gasteiger partial charge in [0.05, 0.1) is 0 Å². The van der Waals surface area contributed by atoms with Gasteiger partial charge < -0.3 is 15.1 Å². The van der Waals surface area contributed by atoms with Crippen molar-refractivity contribution in [3.8, 4) is 0 Å². The maximum absolute atomic E-state index is 5.50. The number of aliphatic imine (C=N–C) groups is 1. The Morgan fingerprint density at radius 3 is 2.60 bits per heavy atom. The van der Waals surface area contributed by atoms with Crippen molar-refractivity contribution in [3.63, 3.8) is 0 Å². The van der Waals surface area contributed by atoms with Crippen LogP contribution in [0.4, 0.5) is 0 Å². The van der Waals surface area contributed by atoms with Crippen LogP contribution in [0.25, 0.3) is 0 Å². The van der Waals surface area contributed by atoms with Gasteiger partial charge in [0.2, 0.25) is 0 Å². The second-order valence-electron chi connectivity index (χ2n) is 4.35. The standard InChI is InChI=1S/C14H19N3OS.HI/c1-10-6-13(11(2)18-10)8-17-14(15-3)16-7-12-4-5-19-9-12;/h4-6,9H,7-8H2,1-3H3,(H2,15,16,17);1H. The van der Waals surface area contributed by atoms with Crippen molar-refractivity contribution in [2.45, 2.75) is 26.9 Å². The van der Waals surface area contributed by atoms with Crippen molar-refractivity contribution < 1.29 is 4.42 Å². The molecule has 6 heteroatoms. The zero-order valence-electron chi connectivity index (χ0n) is 11.9. The molecular weight excluding hydrogens is 385 g/mol. The average molecular weight is 405 g/mol. The van der Waals surface area contributed by atoms with Crippen LogP contribution in [-0.2, 0) is 13.1 Å². The fourth-order valence-corrected chi connectivity index (χ4v) is 2.51. The zero-order valence-corrected chi connectivity index (χ0v) is 15.0. The van der Waals surface area contributed by atoms with E-state index in [-0.39, 0.29) is 24.0 Å². The largest absolute Gasteiger partial charge is 0.466 e. The van der Waals surface area contributed by atoms with Gasteiger partial charge in [-0.3, -0.25) is 4.99 Å². The molecule has 0 aliphatic rings. The highest BCUT2D eigenvalue weighted by Crippen LogP contribution is 2.13. The number of furan rings is 1. The topological polar surface area (TPSA) is 49.6 Å². The van der Waals surface area contributed by atoms with Crippen molar-refractivity contribution in [2.75, 3.05) is 7.05 Å². The molecule has 0 atom stereocenters. The van der Waals surface area contributed by atoms with Crippen LogP contribution in [0.1, 0.15) is 22.6 Å². The molecular formula is C14H20IN3OS. The lowest BCUT2D eigenvalue weighted by Crippen LogP contribution is -2.36. The van der Waals surface area contributed by atoms with Gasteiger partial charge in [-0.2, -0.15) is 11.3 Å². The Kier molecular flexibility index (Phi) is 7.08. The molecule has 0 saturated carbocycles. The maximum atomic E-state index is 5.50. The third-order valence-electron chi connectivity index (χ3n) is 2.85. The number of guanidine groups is 1. The number of hydrogen-bond donors (Lipinski definition) is 2. The number of hydrogen-bond acceptors (Lipinski definition) is 3. The predicted octanol–water partition coefficient (Wildman–Crippen LogP) is 3.44. The van der Waals surface area contributed by atoms with Gasteiger partial charge in [0.1, 0.15) is 11.5 Å². The summed E-state index contributed by atoms with van der Waals surface area (Å²) in [5.41, 5.74) is 2.43. The Balaban J connectivity index is 0.00000200. The van der Waals surface area contributed by atoms with Gasteiger partial charge in [0.25, 0.3) is 0 Å². The lowest BCUT2D eigenvalue weighted by molar-refractivity contribution is 0.500. The molecule has 0 aromatic carbocycles. The molecule has 110 valence electrons. The van der Waals surface area contributed by atoms with E-state index in [1.165, 1.54) is 5.56 Å². The molecule has 0 saturated heterocycles. The van der Waals surface area contributed by atoms with Crippen LogP contribution in [-0.4, -0.2) is 13.0 Å². The third-order valence-corrected chi connectivity index (χ3v) is 3.59. The molecule has 0 unspecified atom stereocenters. The second-order valence-corrected chi connectivity index (χ2v) is 5.13. The first-order valence-corrected chi connectivity index (χ1v) is 7.15. The van der Waals surface area contributed by atoms with Crippen LogP contribution < -0.4 is 10.6 Å². The minimum Gasteiger partial charge on any atom is -0.466 e. The smallest absolute Gasteiger partial charge is 0.191 e. The fraction of sp³-hybridized carbons (Fsp3) is 0.357. The molecule has 0 aliphatic heterocycles. The first-order chi connectivity index (χ1) is 9.19. The van der Waals surface area contributed by atoms with Crippen LogP contribution in [0.3, 0.4) is 0 Å². The number of nitrogens with zero attached hydrogens (tertiary/aromatic N) is 1. The predicted molar refractivity (Wildman–Crippen MR) is 95.0 cm³/mol. The minimum atomic E-state index is 0. The molecule has 2 heterocycles. The van der Waals surface area contributed by atoms with Crippen LogP contribution >= 0.6 is 35.3 Å². The summed E-state index contributed by atoms with van der Waals surface area (Å²) in [4.78, 5) is 4.21. The molecule has 0 amide bonds. The molecule has 2 aromatic heterocycles. The zero-order chi connectivity index (χ0) is 13.7. The Bertz CT molecular complexity index is 549. The van der Waals surface area contributed by atoms with Gasteiger partial charge in [0, 0.05) is 25.7 Å². The molecule has 0 fully saturated rings. The van der Waals surface area contributed by atoms with Gasteiger partial charge in [0.15, 0.2) is 5.96 Å². The van der Waals surface area contributed by atoms with E-state index in [0.29, 0.717) is 6.54 Å². The normalized spacial score (nSPS) is 11.1. The number of nitrogens with one attached hydrogen (secondary N) is 2. The minimum absolute atomic E-state index is 0. The van der Waals surface area contributed by atoms with Crippen molar-refractivity contribution >= 4 is 41.3 Å². The molecule has 2 aromatic rings. The molecule has 20 heavy (non-hydrogen) atoms. The van der Waals surface area contributed by atoms with Crippen molar-refractivity contribution in [2.24, 2.45) is 4.99 Å². The molecule has 0 radical (unpaired) electrons. The number of thiophene rings is 1. The van der Waals surface area contributed by atoms with E-state index in [1.807, 2.05) is 13.8 Å². The molecule has 0 spiro atoms. The van der Waals surface area contributed by atoms with E-state index in [4.69, 9.17) is 4.42 Å². The van der Waals surface area contributed by atoms with E-state index in [0.717, 1.165) is 29.6 Å². The quantitative estimate of drug-likeness (QED) is 0.466. The highest BCUT2D eigenvalue weighted by Gasteiger charge is 2.05. The maximum Gasteiger partial charge on any atom is 0.191 e. The van der Waals surface area contributed by atoms with Crippen LogP contribution in [0.5, 0.6) is 0 Å². The van der Waals surface area contributed by atoms with Crippen LogP contribution in [0.2, 0.25) is 0 Å². The summed E-state index contributed by atoms with van der Waals surface area (Å²) in [7, 11) is 1.77. The Morgan fingerprint density at radius 1 is 1.30 bits per heavy atom. The van der Waals surface area contributed by atoms with Gasteiger partial charge in [-0.15, -0.1) is 24.0 Å². The third kappa shape index (κ3) is 4.82. The Hall–Kier alpha value is -1.02. The van der Waals surface area contributed by atoms with Crippen LogP contribution in [0, 0.1) is 13.8 Å². The molecule has 2 N–H and O–H groups in total. The van der Waals surface area contributed by atoms with Crippen LogP contribution in [0.15, 0.2) is 32.3 Å². The van der Waals surface area contributed by atoms with Gasteiger partial charge in [-0.25, -0.2) is 0 Å². The highest BCUT2D eigenvalue weighted by atomic mass is 127. The second kappa shape index (κ2) is 8.31. The SMILES string of the molecule is CN=C(NCc1ccsc1)NCc1cc(C)oc1C.I. The van der Waals surface area contributed by atoms with E-state index in [2.05, 4.69) is 38.5 Å². The van der Waals surface area contributed by atoms with E-state index in [1.54, 1.807) is 18.4 Å². The molecule has 0 bridgehead atoms. The molecule has 0 aliphatic carbocycles. The summed E-state index contributed by atoms with van der Waals surface area (Å²) in [6.07, 6.45) is 0. The first kappa shape index (κ1) is 17.0. The summed E-state index contributed by atoms with van der Waals surface area (Å²) in [5, 5.41) is 10.8. The highest BCUT2D eigenvalue weighted by molar-refractivity contribution is 14.0. The van der Waals surface area contributed by atoms with Gasteiger partial charge in [-0.1, -0.05) is 0 Å². The summed E-state index contributed by atoms with van der Waals surface area (Å²) in [6.45, 7) is 5.44. The van der Waals surface area contributed by atoms with Crippen molar-refractivity contribution in [1.29, 1.82) is 0 Å². The summed E-state index contributed by atoms with van der Waals surface area (Å²) in [5.74, 6) is 2.69. The number of aryl methyl sites for hydroxylation is 2. The lowest BCUT2D eigenvalue weighted by atomic mass is 10.2.